The Morgan fingerprint density at radius 1 is 1.15 bits per heavy atom. The van der Waals surface area contributed by atoms with E-state index in [0.717, 1.165) is 17.7 Å². The predicted molar refractivity (Wildman–Crippen MR) is 100 cm³/mol. The van der Waals surface area contributed by atoms with E-state index in [1.807, 2.05) is 12.1 Å². The first-order valence-electron chi connectivity index (χ1n) is 8.04. The highest BCUT2D eigenvalue weighted by atomic mass is 35.5. The molecule has 0 aliphatic heterocycles. The summed E-state index contributed by atoms with van der Waals surface area (Å²) in [5.41, 5.74) is 1.74. The maximum atomic E-state index is 12.7. The SMILES string of the molecule is CN(C(=O)C1CC1c1ccc(Cl)c(Cl)c1)c1ccc(OCC(=O)O)cc1. The van der Waals surface area contributed by atoms with Crippen LogP contribution in [0.15, 0.2) is 42.5 Å². The van der Waals surface area contributed by atoms with E-state index in [-0.39, 0.29) is 17.7 Å². The van der Waals surface area contributed by atoms with Gasteiger partial charge in [-0.2, -0.15) is 0 Å². The van der Waals surface area contributed by atoms with Gasteiger partial charge in [0.2, 0.25) is 5.91 Å². The van der Waals surface area contributed by atoms with Crippen molar-refractivity contribution >= 4 is 40.8 Å². The Labute approximate surface area is 161 Å². The molecule has 0 spiro atoms. The smallest absolute Gasteiger partial charge is 0.341 e. The van der Waals surface area contributed by atoms with Crippen LogP contribution in [0.1, 0.15) is 17.9 Å². The number of rotatable bonds is 6. The zero-order valence-corrected chi connectivity index (χ0v) is 15.5. The van der Waals surface area contributed by atoms with Crippen LogP contribution in [0.2, 0.25) is 10.0 Å². The zero-order valence-electron chi connectivity index (χ0n) is 14.0. The molecule has 0 saturated heterocycles. The highest BCUT2D eigenvalue weighted by Crippen LogP contribution is 2.49. The topological polar surface area (TPSA) is 66.8 Å². The Hall–Kier alpha value is -2.24. The summed E-state index contributed by atoms with van der Waals surface area (Å²) < 4.78 is 5.09. The molecule has 0 heterocycles. The Bertz CT molecular complexity index is 838. The molecule has 1 fully saturated rings. The lowest BCUT2D eigenvalue weighted by Crippen LogP contribution is -2.28. The molecule has 0 radical (unpaired) electrons. The number of aliphatic carboxylic acids is 1. The summed E-state index contributed by atoms with van der Waals surface area (Å²) in [5.74, 6) is -0.501. The molecule has 1 aliphatic rings. The molecule has 136 valence electrons. The number of hydrogen-bond donors (Lipinski definition) is 1. The Kier molecular flexibility index (Phi) is 5.39. The third-order valence-electron chi connectivity index (χ3n) is 4.40. The van der Waals surface area contributed by atoms with Crippen LogP contribution in [-0.2, 0) is 9.59 Å². The fourth-order valence-electron chi connectivity index (χ4n) is 2.87. The van der Waals surface area contributed by atoms with E-state index in [1.54, 1.807) is 42.3 Å². The molecule has 5 nitrogen and oxygen atoms in total. The highest BCUT2D eigenvalue weighted by Gasteiger charge is 2.45. The van der Waals surface area contributed by atoms with Crippen molar-refractivity contribution in [3.8, 4) is 5.75 Å². The van der Waals surface area contributed by atoms with Crippen LogP contribution in [0.25, 0.3) is 0 Å². The Balaban J connectivity index is 1.63. The normalized spacial score (nSPS) is 18.3. The second kappa shape index (κ2) is 7.56. The van der Waals surface area contributed by atoms with Gasteiger partial charge in [-0.3, -0.25) is 4.79 Å². The summed E-state index contributed by atoms with van der Waals surface area (Å²) in [6.07, 6.45) is 0.779. The second-order valence-corrected chi connectivity index (χ2v) is 7.01. The minimum atomic E-state index is -1.04. The molecule has 2 unspecified atom stereocenters. The highest BCUT2D eigenvalue weighted by molar-refractivity contribution is 6.42. The van der Waals surface area contributed by atoms with Crippen LogP contribution in [0.5, 0.6) is 5.75 Å². The van der Waals surface area contributed by atoms with E-state index in [1.165, 1.54) is 0 Å². The van der Waals surface area contributed by atoms with Crippen molar-refractivity contribution in [2.45, 2.75) is 12.3 Å². The van der Waals surface area contributed by atoms with Gasteiger partial charge in [0, 0.05) is 18.7 Å². The van der Waals surface area contributed by atoms with Crippen LogP contribution in [0, 0.1) is 5.92 Å². The summed E-state index contributed by atoms with van der Waals surface area (Å²) >= 11 is 12.0. The third-order valence-corrected chi connectivity index (χ3v) is 5.14. The van der Waals surface area contributed by atoms with Gasteiger partial charge < -0.3 is 14.7 Å². The average molecular weight is 394 g/mol. The average Bonchev–Trinajstić information content (AvgIpc) is 3.42. The van der Waals surface area contributed by atoms with Crippen molar-refractivity contribution in [3.63, 3.8) is 0 Å². The number of halogens is 2. The quantitative estimate of drug-likeness (QED) is 0.797. The Morgan fingerprint density at radius 2 is 1.85 bits per heavy atom. The van der Waals surface area contributed by atoms with Crippen molar-refractivity contribution in [1.82, 2.24) is 0 Å². The fourth-order valence-corrected chi connectivity index (χ4v) is 3.17. The van der Waals surface area contributed by atoms with Crippen molar-refractivity contribution in [2.24, 2.45) is 5.92 Å². The lowest BCUT2D eigenvalue weighted by atomic mass is 10.1. The van der Waals surface area contributed by atoms with Crippen LogP contribution in [0.3, 0.4) is 0 Å². The number of anilines is 1. The van der Waals surface area contributed by atoms with Crippen molar-refractivity contribution in [1.29, 1.82) is 0 Å². The number of carbonyl (C=O) groups excluding carboxylic acids is 1. The first-order chi connectivity index (χ1) is 12.4. The molecule has 26 heavy (non-hydrogen) atoms. The minimum absolute atomic E-state index is 0.0280. The molecule has 0 aromatic heterocycles. The summed E-state index contributed by atoms with van der Waals surface area (Å²) in [4.78, 5) is 24.8. The lowest BCUT2D eigenvalue weighted by molar-refractivity contribution is -0.139. The number of nitrogens with zero attached hydrogens (tertiary/aromatic N) is 1. The maximum Gasteiger partial charge on any atom is 0.341 e. The predicted octanol–water partition coefficient (Wildman–Crippen LogP) is 4.22. The van der Waals surface area contributed by atoms with Gasteiger partial charge in [0.15, 0.2) is 6.61 Å². The molecule has 7 heteroatoms. The van der Waals surface area contributed by atoms with Gasteiger partial charge in [0.05, 0.1) is 10.0 Å². The van der Waals surface area contributed by atoms with Gasteiger partial charge in [-0.05, 0) is 54.3 Å². The van der Waals surface area contributed by atoms with Gasteiger partial charge in [0.25, 0.3) is 0 Å². The fraction of sp³-hybridized carbons (Fsp3) is 0.263. The van der Waals surface area contributed by atoms with Gasteiger partial charge in [-0.15, -0.1) is 0 Å². The van der Waals surface area contributed by atoms with Crippen LogP contribution < -0.4 is 9.64 Å². The summed E-state index contributed by atoms with van der Waals surface area (Å²) in [7, 11) is 1.72. The van der Waals surface area contributed by atoms with E-state index in [9.17, 15) is 9.59 Å². The summed E-state index contributed by atoms with van der Waals surface area (Å²) in [6, 6.07) is 12.2. The van der Waals surface area contributed by atoms with Crippen LogP contribution >= 0.6 is 23.2 Å². The van der Waals surface area contributed by atoms with Crippen LogP contribution in [0.4, 0.5) is 5.69 Å². The maximum absolute atomic E-state index is 12.7. The van der Waals surface area contributed by atoms with E-state index in [0.29, 0.717) is 15.8 Å². The molecule has 2 aromatic carbocycles. The van der Waals surface area contributed by atoms with E-state index in [2.05, 4.69) is 0 Å². The van der Waals surface area contributed by atoms with Gasteiger partial charge >= 0.3 is 5.97 Å². The number of hydrogen-bond acceptors (Lipinski definition) is 3. The van der Waals surface area contributed by atoms with E-state index >= 15 is 0 Å². The second-order valence-electron chi connectivity index (χ2n) is 6.20. The van der Waals surface area contributed by atoms with E-state index < -0.39 is 12.6 Å². The minimum Gasteiger partial charge on any atom is -0.482 e. The van der Waals surface area contributed by atoms with Gasteiger partial charge in [-0.1, -0.05) is 29.3 Å². The Morgan fingerprint density at radius 3 is 2.46 bits per heavy atom. The molecule has 1 saturated carbocycles. The number of benzene rings is 2. The molecule has 3 rings (SSSR count). The van der Waals surface area contributed by atoms with Crippen molar-refractivity contribution in [3.05, 3.63) is 58.1 Å². The van der Waals surface area contributed by atoms with Crippen LogP contribution in [-0.4, -0.2) is 30.6 Å². The number of carboxylic acid groups (broad SMARTS) is 1. The van der Waals surface area contributed by atoms with Gasteiger partial charge in [-0.25, -0.2) is 4.79 Å². The van der Waals surface area contributed by atoms with Crippen molar-refractivity contribution < 1.29 is 19.4 Å². The first kappa shape index (κ1) is 18.5. The number of carbonyl (C=O) groups is 2. The standard InChI is InChI=1S/C19H17Cl2NO4/c1-22(12-3-5-13(6-4-12)26-10-18(23)24)19(25)15-9-14(15)11-2-7-16(20)17(21)8-11/h2-8,14-15H,9-10H2,1H3,(H,23,24). The number of ether oxygens (including phenoxy) is 1. The number of amides is 1. The molecular weight excluding hydrogens is 377 g/mol. The monoisotopic (exact) mass is 393 g/mol. The van der Waals surface area contributed by atoms with Crippen molar-refractivity contribution in [2.75, 3.05) is 18.6 Å². The molecule has 1 aliphatic carbocycles. The summed E-state index contributed by atoms with van der Waals surface area (Å²) in [6.45, 7) is -0.401. The zero-order chi connectivity index (χ0) is 18.8. The first-order valence-corrected chi connectivity index (χ1v) is 8.79. The lowest BCUT2D eigenvalue weighted by Gasteiger charge is -2.18. The largest absolute Gasteiger partial charge is 0.482 e. The van der Waals surface area contributed by atoms with E-state index in [4.69, 9.17) is 33.0 Å². The third kappa shape index (κ3) is 4.11. The molecule has 1 amide bonds. The molecular formula is C19H17Cl2NO4. The van der Waals surface area contributed by atoms with Gasteiger partial charge in [0.1, 0.15) is 5.75 Å². The molecule has 0 bridgehead atoms. The molecule has 1 N–H and O–H groups in total. The molecule has 2 atom stereocenters. The summed E-state index contributed by atoms with van der Waals surface area (Å²) in [5, 5.41) is 9.61. The molecule has 2 aromatic rings. The number of carboxylic acids is 1.